The number of likely N-dealkylation sites (N-methyl/N-ethyl adjacent to an activating group) is 1. The standard InChI is InChI=1S/C13H19ClN2O4S/c1-16(9-10-17)13(18)3-2-8-15-21(19,20)12-6-4-11(14)5-7-12/h4-7,15,17H,2-3,8-10H2,1H3. The molecule has 0 fully saturated rings. The van der Waals surface area contributed by atoms with Gasteiger partial charge in [-0.25, -0.2) is 13.1 Å². The molecule has 21 heavy (non-hydrogen) atoms. The van der Waals surface area contributed by atoms with Gasteiger partial charge in [0.25, 0.3) is 0 Å². The van der Waals surface area contributed by atoms with E-state index in [0.29, 0.717) is 11.4 Å². The number of carbonyl (C=O) groups excluding carboxylic acids is 1. The van der Waals surface area contributed by atoms with Crippen LogP contribution >= 0.6 is 11.6 Å². The van der Waals surface area contributed by atoms with E-state index in [1.807, 2.05) is 0 Å². The van der Waals surface area contributed by atoms with E-state index in [1.54, 1.807) is 7.05 Å². The van der Waals surface area contributed by atoms with Crippen LogP contribution in [-0.2, 0) is 14.8 Å². The number of nitrogens with zero attached hydrogens (tertiary/aromatic N) is 1. The number of carbonyl (C=O) groups is 1. The topological polar surface area (TPSA) is 86.7 Å². The molecule has 0 heterocycles. The van der Waals surface area contributed by atoms with Crippen molar-refractivity contribution in [3.8, 4) is 0 Å². The molecule has 1 amide bonds. The summed E-state index contributed by atoms with van der Waals surface area (Å²) in [4.78, 5) is 13.1. The van der Waals surface area contributed by atoms with E-state index >= 15 is 0 Å². The van der Waals surface area contributed by atoms with Crippen LogP contribution in [0.15, 0.2) is 29.2 Å². The van der Waals surface area contributed by atoms with Crippen LogP contribution in [0, 0.1) is 0 Å². The molecule has 0 atom stereocenters. The summed E-state index contributed by atoms with van der Waals surface area (Å²) in [6, 6.07) is 5.85. The van der Waals surface area contributed by atoms with Gasteiger partial charge in [-0.1, -0.05) is 11.6 Å². The molecule has 0 aromatic heterocycles. The van der Waals surface area contributed by atoms with Crippen LogP contribution in [0.25, 0.3) is 0 Å². The minimum absolute atomic E-state index is 0.0918. The summed E-state index contributed by atoms with van der Waals surface area (Å²) < 4.78 is 26.3. The number of nitrogens with one attached hydrogen (secondary N) is 1. The molecule has 0 aliphatic carbocycles. The zero-order valence-corrected chi connectivity index (χ0v) is 13.3. The molecule has 0 aliphatic heterocycles. The quantitative estimate of drug-likeness (QED) is 0.690. The Morgan fingerprint density at radius 2 is 1.95 bits per heavy atom. The van der Waals surface area contributed by atoms with Crippen molar-refractivity contribution in [2.75, 3.05) is 26.7 Å². The third kappa shape index (κ3) is 6.01. The first kappa shape index (κ1) is 17.9. The number of benzene rings is 1. The van der Waals surface area contributed by atoms with Gasteiger partial charge in [-0.05, 0) is 30.7 Å². The highest BCUT2D eigenvalue weighted by atomic mass is 35.5. The number of rotatable bonds is 8. The second-order valence-corrected chi connectivity index (χ2v) is 6.70. The monoisotopic (exact) mass is 334 g/mol. The summed E-state index contributed by atoms with van der Waals surface area (Å²) in [5.41, 5.74) is 0. The molecule has 1 aromatic rings. The highest BCUT2D eigenvalue weighted by Crippen LogP contribution is 2.13. The number of hydrogen-bond acceptors (Lipinski definition) is 4. The van der Waals surface area contributed by atoms with Gasteiger partial charge in [-0.3, -0.25) is 4.79 Å². The van der Waals surface area contributed by atoms with Gasteiger partial charge in [-0.15, -0.1) is 0 Å². The molecule has 1 aromatic carbocycles. The fourth-order valence-corrected chi connectivity index (χ4v) is 2.81. The van der Waals surface area contributed by atoms with Gasteiger partial charge >= 0.3 is 0 Å². The molecule has 118 valence electrons. The minimum Gasteiger partial charge on any atom is -0.395 e. The van der Waals surface area contributed by atoms with Gasteiger partial charge in [0.15, 0.2) is 0 Å². The molecule has 0 spiro atoms. The van der Waals surface area contributed by atoms with Crippen molar-refractivity contribution < 1.29 is 18.3 Å². The molecule has 6 nitrogen and oxygen atoms in total. The maximum Gasteiger partial charge on any atom is 0.240 e. The van der Waals surface area contributed by atoms with Crippen molar-refractivity contribution >= 4 is 27.5 Å². The number of amides is 1. The SMILES string of the molecule is CN(CCO)C(=O)CCCNS(=O)(=O)c1ccc(Cl)cc1. The Balaban J connectivity index is 2.41. The fourth-order valence-electron chi connectivity index (χ4n) is 1.61. The van der Waals surface area contributed by atoms with Crippen LogP contribution in [0.4, 0.5) is 0 Å². The average molecular weight is 335 g/mol. The molecule has 0 aliphatic rings. The molecule has 0 saturated heterocycles. The molecule has 1 rings (SSSR count). The highest BCUT2D eigenvalue weighted by Gasteiger charge is 2.13. The predicted octanol–water partition coefficient (Wildman–Crippen LogP) is 0.849. The summed E-state index contributed by atoms with van der Waals surface area (Å²) in [6.45, 7) is 0.352. The van der Waals surface area contributed by atoms with Gasteiger partial charge in [0.05, 0.1) is 11.5 Å². The van der Waals surface area contributed by atoms with E-state index in [2.05, 4.69) is 4.72 Å². The maximum absolute atomic E-state index is 11.9. The third-order valence-electron chi connectivity index (χ3n) is 2.84. The zero-order chi connectivity index (χ0) is 15.9. The first-order valence-corrected chi connectivity index (χ1v) is 8.33. The van der Waals surface area contributed by atoms with E-state index < -0.39 is 10.0 Å². The third-order valence-corrected chi connectivity index (χ3v) is 4.57. The average Bonchev–Trinajstić information content (AvgIpc) is 2.44. The van der Waals surface area contributed by atoms with Crippen LogP contribution < -0.4 is 4.72 Å². The Labute approximate surface area is 129 Å². The molecule has 2 N–H and O–H groups in total. The van der Waals surface area contributed by atoms with E-state index in [-0.39, 0.29) is 36.9 Å². The first-order chi connectivity index (χ1) is 9.86. The number of hydrogen-bond donors (Lipinski definition) is 2. The van der Waals surface area contributed by atoms with Crippen molar-refractivity contribution in [2.24, 2.45) is 0 Å². The molecule has 8 heteroatoms. The Hall–Kier alpha value is -1.15. The lowest BCUT2D eigenvalue weighted by molar-refractivity contribution is -0.130. The zero-order valence-electron chi connectivity index (χ0n) is 11.8. The molecule has 0 unspecified atom stereocenters. The molecular weight excluding hydrogens is 316 g/mol. The van der Waals surface area contributed by atoms with Crippen LogP contribution in [0.3, 0.4) is 0 Å². The van der Waals surface area contributed by atoms with Crippen LogP contribution in [0.5, 0.6) is 0 Å². The summed E-state index contributed by atoms with van der Waals surface area (Å²) in [5.74, 6) is -0.130. The number of aliphatic hydroxyl groups is 1. The highest BCUT2D eigenvalue weighted by molar-refractivity contribution is 7.89. The van der Waals surface area contributed by atoms with Crippen LogP contribution in [-0.4, -0.2) is 51.1 Å². The lowest BCUT2D eigenvalue weighted by Gasteiger charge is -2.15. The first-order valence-electron chi connectivity index (χ1n) is 6.47. The molecule has 0 radical (unpaired) electrons. The van der Waals surface area contributed by atoms with Crippen molar-refractivity contribution in [1.82, 2.24) is 9.62 Å². The van der Waals surface area contributed by atoms with E-state index in [4.69, 9.17) is 16.7 Å². The summed E-state index contributed by atoms with van der Waals surface area (Å²) in [6.07, 6.45) is 0.612. The Morgan fingerprint density at radius 3 is 2.52 bits per heavy atom. The van der Waals surface area contributed by atoms with Gasteiger partial charge in [0.2, 0.25) is 15.9 Å². The summed E-state index contributed by atoms with van der Waals surface area (Å²) in [7, 11) is -1.99. The van der Waals surface area contributed by atoms with E-state index in [1.165, 1.54) is 29.2 Å². The number of halogens is 1. The van der Waals surface area contributed by atoms with Gasteiger partial charge in [0, 0.05) is 31.6 Å². The largest absolute Gasteiger partial charge is 0.395 e. The maximum atomic E-state index is 11.9. The number of aliphatic hydroxyl groups excluding tert-OH is 1. The summed E-state index contributed by atoms with van der Waals surface area (Å²) >= 11 is 5.70. The molecule has 0 saturated carbocycles. The molecular formula is C13H19ClN2O4S. The Morgan fingerprint density at radius 1 is 1.33 bits per heavy atom. The van der Waals surface area contributed by atoms with Crippen molar-refractivity contribution in [3.63, 3.8) is 0 Å². The smallest absolute Gasteiger partial charge is 0.240 e. The number of sulfonamides is 1. The van der Waals surface area contributed by atoms with E-state index in [9.17, 15) is 13.2 Å². The van der Waals surface area contributed by atoms with Crippen LogP contribution in [0.1, 0.15) is 12.8 Å². The van der Waals surface area contributed by atoms with Gasteiger partial charge in [-0.2, -0.15) is 0 Å². The molecule has 0 bridgehead atoms. The van der Waals surface area contributed by atoms with Gasteiger partial charge < -0.3 is 10.0 Å². The van der Waals surface area contributed by atoms with Crippen molar-refractivity contribution in [2.45, 2.75) is 17.7 Å². The van der Waals surface area contributed by atoms with Crippen molar-refractivity contribution in [1.29, 1.82) is 0 Å². The minimum atomic E-state index is -3.58. The Bertz CT molecular complexity index is 560. The van der Waals surface area contributed by atoms with Crippen LogP contribution in [0.2, 0.25) is 5.02 Å². The lowest BCUT2D eigenvalue weighted by Crippen LogP contribution is -2.30. The predicted molar refractivity (Wildman–Crippen MR) is 80.6 cm³/mol. The second kappa shape index (κ2) is 8.33. The normalized spacial score (nSPS) is 11.4. The lowest BCUT2D eigenvalue weighted by atomic mass is 10.3. The second-order valence-electron chi connectivity index (χ2n) is 4.49. The fraction of sp³-hybridized carbons (Fsp3) is 0.462. The van der Waals surface area contributed by atoms with E-state index in [0.717, 1.165) is 0 Å². The Kier molecular flexibility index (Phi) is 7.10. The van der Waals surface area contributed by atoms with Gasteiger partial charge in [0.1, 0.15) is 0 Å². The van der Waals surface area contributed by atoms with Crippen molar-refractivity contribution in [3.05, 3.63) is 29.3 Å². The summed E-state index contributed by atoms with van der Waals surface area (Å²) in [5, 5.41) is 9.18.